The summed E-state index contributed by atoms with van der Waals surface area (Å²) < 4.78 is 44.5. The lowest BCUT2D eigenvalue weighted by Crippen LogP contribution is -2.39. The van der Waals surface area contributed by atoms with Gasteiger partial charge < -0.3 is 10.1 Å². The van der Waals surface area contributed by atoms with Crippen LogP contribution in [0, 0.1) is 0 Å². The van der Waals surface area contributed by atoms with Crippen molar-refractivity contribution in [2.45, 2.75) is 31.2 Å². The minimum atomic E-state index is -4.30. The van der Waals surface area contributed by atoms with Gasteiger partial charge in [0.05, 0.1) is 17.8 Å². The molecular weight excluding hydrogens is 243 g/mol. The SMILES string of the molecule is FC(F)(F)c1cccc2c1COC21CCNCC1. The maximum absolute atomic E-state index is 12.9. The summed E-state index contributed by atoms with van der Waals surface area (Å²) in [5.74, 6) is 0. The van der Waals surface area contributed by atoms with Gasteiger partial charge >= 0.3 is 6.18 Å². The van der Waals surface area contributed by atoms with Crippen molar-refractivity contribution in [3.05, 3.63) is 34.9 Å². The van der Waals surface area contributed by atoms with Crippen molar-refractivity contribution >= 4 is 0 Å². The zero-order valence-corrected chi connectivity index (χ0v) is 9.81. The summed E-state index contributed by atoms with van der Waals surface area (Å²) in [5.41, 5.74) is 0.0168. The van der Waals surface area contributed by atoms with Crippen molar-refractivity contribution in [2.75, 3.05) is 13.1 Å². The fourth-order valence-electron chi connectivity index (χ4n) is 2.97. The van der Waals surface area contributed by atoms with Gasteiger partial charge in [0, 0.05) is 0 Å². The molecule has 1 aromatic carbocycles. The predicted octanol–water partition coefficient (Wildman–Crippen LogP) is 2.81. The van der Waals surface area contributed by atoms with E-state index in [0.717, 1.165) is 37.6 Å². The molecule has 0 amide bonds. The summed E-state index contributed by atoms with van der Waals surface area (Å²) in [6, 6.07) is 4.41. The standard InChI is InChI=1S/C13H14F3NO/c14-13(15,16)11-3-1-2-10-9(11)8-18-12(10)4-6-17-7-5-12/h1-3,17H,4-8H2. The van der Waals surface area contributed by atoms with Gasteiger partial charge in [0.15, 0.2) is 0 Å². The van der Waals surface area contributed by atoms with Crippen molar-refractivity contribution in [1.82, 2.24) is 5.32 Å². The Hall–Kier alpha value is -1.07. The van der Waals surface area contributed by atoms with E-state index in [1.807, 2.05) is 0 Å². The maximum Gasteiger partial charge on any atom is 0.416 e. The normalized spacial score (nSPS) is 22.2. The zero-order chi connectivity index (χ0) is 12.8. The molecule has 1 spiro atoms. The smallest absolute Gasteiger partial charge is 0.365 e. The van der Waals surface area contributed by atoms with E-state index in [9.17, 15) is 13.2 Å². The molecule has 2 heterocycles. The molecule has 1 aromatic rings. The number of ether oxygens (including phenoxy) is 1. The van der Waals surface area contributed by atoms with E-state index in [-0.39, 0.29) is 6.61 Å². The first-order valence-corrected chi connectivity index (χ1v) is 6.07. The van der Waals surface area contributed by atoms with Crippen molar-refractivity contribution in [3.8, 4) is 0 Å². The Labute approximate surface area is 103 Å². The lowest BCUT2D eigenvalue weighted by Gasteiger charge is -2.34. The lowest BCUT2D eigenvalue weighted by molar-refractivity contribution is -0.138. The van der Waals surface area contributed by atoms with Gasteiger partial charge in [0.1, 0.15) is 0 Å². The predicted molar refractivity (Wildman–Crippen MR) is 60.0 cm³/mol. The molecule has 0 radical (unpaired) electrons. The second-order valence-corrected chi connectivity index (χ2v) is 4.86. The highest BCUT2D eigenvalue weighted by Crippen LogP contribution is 2.46. The molecule has 1 N–H and O–H groups in total. The van der Waals surface area contributed by atoms with Gasteiger partial charge in [-0.3, -0.25) is 0 Å². The molecular formula is C13H14F3NO. The molecule has 98 valence electrons. The molecule has 0 aromatic heterocycles. The number of hydrogen-bond donors (Lipinski definition) is 1. The van der Waals surface area contributed by atoms with Gasteiger partial charge in [-0.25, -0.2) is 0 Å². The molecule has 0 bridgehead atoms. The van der Waals surface area contributed by atoms with Crippen LogP contribution in [-0.4, -0.2) is 13.1 Å². The van der Waals surface area contributed by atoms with Crippen LogP contribution in [0.1, 0.15) is 29.5 Å². The molecule has 0 aliphatic carbocycles. The van der Waals surface area contributed by atoms with Crippen LogP contribution in [0.3, 0.4) is 0 Å². The molecule has 2 aliphatic rings. The van der Waals surface area contributed by atoms with Crippen LogP contribution < -0.4 is 5.32 Å². The van der Waals surface area contributed by atoms with Crippen LogP contribution in [0.25, 0.3) is 0 Å². The number of nitrogens with one attached hydrogen (secondary N) is 1. The van der Waals surface area contributed by atoms with Gasteiger partial charge in [-0.1, -0.05) is 12.1 Å². The van der Waals surface area contributed by atoms with Gasteiger partial charge in [0.2, 0.25) is 0 Å². The molecule has 2 nitrogen and oxygen atoms in total. The van der Waals surface area contributed by atoms with Crippen molar-refractivity contribution in [3.63, 3.8) is 0 Å². The minimum absolute atomic E-state index is 0.0744. The number of benzene rings is 1. The molecule has 18 heavy (non-hydrogen) atoms. The number of piperidine rings is 1. The third kappa shape index (κ3) is 1.73. The van der Waals surface area contributed by atoms with E-state index in [4.69, 9.17) is 4.74 Å². The van der Waals surface area contributed by atoms with E-state index in [1.165, 1.54) is 6.07 Å². The minimum Gasteiger partial charge on any atom is -0.365 e. The summed E-state index contributed by atoms with van der Waals surface area (Å²) in [6.45, 7) is 1.65. The zero-order valence-electron chi connectivity index (χ0n) is 9.81. The summed E-state index contributed by atoms with van der Waals surface area (Å²) in [6.07, 6.45) is -2.82. The lowest BCUT2D eigenvalue weighted by atomic mass is 9.83. The first kappa shape index (κ1) is 12.0. The number of hydrogen-bond acceptors (Lipinski definition) is 2. The first-order valence-electron chi connectivity index (χ1n) is 6.07. The first-order chi connectivity index (χ1) is 8.53. The van der Waals surface area contributed by atoms with E-state index in [0.29, 0.717) is 5.56 Å². The Bertz CT molecular complexity index is 464. The summed E-state index contributed by atoms with van der Waals surface area (Å²) in [5, 5.41) is 3.21. The molecule has 0 atom stereocenters. The van der Waals surface area contributed by atoms with Gasteiger partial charge in [-0.15, -0.1) is 0 Å². The van der Waals surface area contributed by atoms with E-state index in [1.54, 1.807) is 6.07 Å². The Morgan fingerprint density at radius 2 is 1.89 bits per heavy atom. The summed E-state index contributed by atoms with van der Waals surface area (Å²) in [7, 11) is 0. The van der Waals surface area contributed by atoms with Crippen LogP contribution in [0.15, 0.2) is 18.2 Å². The topological polar surface area (TPSA) is 21.3 Å². The number of alkyl halides is 3. The van der Waals surface area contributed by atoms with Crippen LogP contribution in [0.2, 0.25) is 0 Å². The van der Waals surface area contributed by atoms with Crippen LogP contribution in [-0.2, 0) is 23.1 Å². The van der Waals surface area contributed by atoms with Gasteiger partial charge in [0.25, 0.3) is 0 Å². The van der Waals surface area contributed by atoms with Crippen molar-refractivity contribution < 1.29 is 17.9 Å². The Balaban J connectivity index is 2.08. The third-order valence-electron chi connectivity index (χ3n) is 3.88. The molecule has 0 saturated carbocycles. The highest BCUT2D eigenvalue weighted by molar-refractivity contribution is 5.43. The fraction of sp³-hybridized carbons (Fsp3) is 0.538. The number of fused-ring (bicyclic) bond motifs is 2. The largest absolute Gasteiger partial charge is 0.416 e. The van der Waals surface area contributed by atoms with Crippen LogP contribution >= 0.6 is 0 Å². The van der Waals surface area contributed by atoms with Crippen LogP contribution in [0.4, 0.5) is 13.2 Å². The van der Waals surface area contributed by atoms with E-state index < -0.39 is 17.3 Å². The average molecular weight is 257 g/mol. The molecule has 0 unspecified atom stereocenters. The van der Waals surface area contributed by atoms with Gasteiger partial charge in [-0.2, -0.15) is 13.2 Å². The van der Waals surface area contributed by atoms with Crippen LogP contribution in [0.5, 0.6) is 0 Å². The third-order valence-corrected chi connectivity index (χ3v) is 3.88. The maximum atomic E-state index is 12.9. The quantitative estimate of drug-likeness (QED) is 0.771. The Kier molecular flexibility index (Phi) is 2.64. The molecule has 2 aliphatic heterocycles. The fourth-order valence-corrected chi connectivity index (χ4v) is 2.97. The Morgan fingerprint density at radius 3 is 2.56 bits per heavy atom. The highest BCUT2D eigenvalue weighted by Gasteiger charge is 2.45. The molecule has 5 heteroatoms. The summed E-state index contributed by atoms with van der Waals surface area (Å²) in [4.78, 5) is 0. The van der Waals surface area contributed by atoms with Gasteiger partial charge in [-0.05, 0) is 43.1 Å². The molecule has 1 saturated heterocycles. The second-order valence-electron chi connectivity index (χ2n) is 4.86. The highest BCUT2D eigenvalue weighted by atomic mass is 19.4. The van der Waals surface area contributed by atoms with E-state index in [2.05, 4.69) is 5.32 Å². The van der Waals surface area contributed by atoms with Crippen molar-refractivity contribution in [1.29, 1.82) is 0 Å². The number of halogens is 3. The number of rotatable bonds is 0. The van der Waals surface area contributed by atoms with E-state index >= 15 is 0 Å². The Morgan fingerprint density at radius 1 is 1.17 bits per heavy atom. The second kappa shape index (κ2) is 3.96. The molecule has 3 rings (SSSR count). The summed E-state index contributed by atoms with van der Waals surface area (Å²) >= 11 is 0. The van der Waals surface area contributed by atoms with Crippen molar-refractivity contribution in [2.24, 2.45) is 0 Å². The monoisotopic (exact) mass is 257 g/mol. The molecule has 1 fully saturated rings. The average Bonchev–Trinajstić information content (AvgIpc) is 2.68.